The first kappa shape index (κ1) is 13.8. The van der Waals surface area contributed by atoms with Crippen molar-refractivity contribution < 1.29 is 19.8 Å². The number of amides is 1. The Morgan fingerprint density at radius 1 is 1.33 bits per heavy atom. The van der Waals surface area contributed by atoms with Crippen LogP contribution in [0.1, 0.15) is 23.2 Å². The van der Waals surface area contributed by atoms with Crippen LogP contribution in [0.5, 0.6) is 0 Å². The minimum absolute atomic E-state index is 0.328. The van der Waals surface area contributed by atoms with Gasteiger partial charge in [0.1, 0.15) is 12.3 Å². The highest BCUT2D eigenvalue weighted by Crippen LogP contribution is 2.42. The third kappa shape index (κ3) is 2.05. The molecule has 7 heteroatoms. The summed E-state index contributed by atoms with van der Waals surface area (Å²) >= 11 is 0. The number of nitrogens with one attached hydrogen (secondary N) is 1. The minimum atomic E-state index is -1.02. The number of anilines is 2. The van der Waals surface area contributed by atoms with E-state index in [-0.39, 0.29) is 5.91 Å². The highest BCUT2D eigenvalue weighted by atomic mass is 16.3. The van der Waals surface area contributed by atoms with E-state index in [4.69, 9.17) is 0 Å². The molecule has 3 N–H and O–H groups in total. The molecule has 0 aliphatic carbocycles. The van der Waals surface area contributed by atoms with Crippen LogP contribution in [-0.4, -0.2) is 48.1 Å². The first-order valence-electron chi connectivity index (χ1n) is 6.80. The maximum atomic E-state index is 12.1. The van der Waals surface area contributed by atoms with E-state index < -0.39 is 18.6 Å². The van der Waals surface area contributed by atoms with Crippen molar-refractivity contribution in [3.63, 3.8) is 0 Å². The fourth-order valence-corrected chi connectivity index (χ4v) is 3.04. The first-order valence-corrected chi connectivity index (χ1v) is 6.80. The van der Waals surface area contributed by atoms with Gasteiger partial charge in [-0.1, -0.05) is 6.07 Å². The van der Waals surface area contributed by atoms with E-state index in [0.29, 0.717) is 29.8 Å². The lowest BCUT2D eigenvalue weighted by molar-refractivity contribution is -0.128. The summed E-state index contributed by atoms with van der Waals surface area (Å²) < 4.78 is 0. The largest absolute Gasteiger partial charge is 0.374 e. The summed E-state index contributed by atoms with van der Waals surface area (Å²) in [5.41, 5.74) is 1.72. The number of hydrogen-bond donors (Lipinski definition) is 3. The van der Waals surface area contributed by atoms with Crippen molar-refractivity contribution in [1.29, 1.82) is 0 Å². The summed E-state index contributed by atoms with van der Waals surface area (Å²) in [6.45, 7) is 0. The Balaban J connectivity index is 2.02. The number of nitrogens with zero attached hydrogens (tertiary/aromatic N) is 2. The summed E-state index contributed by atoms with van der Waals surface area (Å²) in [6, 6.07) is 4.59. The van der Waals surface area contributed by atoms with Crippen molar-refractivity contribution in [2.75, 3.05) is 16.8 Å². The quantitative estimate of drug-likeness (QED) is 0.644. The van der Waals surface area contributed by atoms with Crippen LogP contribution in [0, 0.1) is 0 Å². The van der Waals surface area contributed by atoms with Gasteiger partial charge in [-0.25, -0.2) is 0 Å². The summed E-state index contributed by atoms with van der Waals surface area (Å²) in [7, 11) is 1.67. The molecule has 3 unspecified atom stereocenters. The van der Waals surface area contributed by atoms with Gasteiger partial charge in [0, 0.05) is 12.6 Å². The molecule has 0 saturated carbocycles. The molecule has 2 aliphatic heterocycles. The molecular formula is C14H17N3O4. The van der Waals surface area contributed by atoms with Gasteiger partial charge in [-0.2, -0.15) is 0 Å². The molecule has 2 heterocycles. The lowest BCUT2D eigenvalue weighted by Gasteiger charge is -2.36. The summed E-state index contributed by atoms with van der Waals surface area (Å²) in [4.78, 5) is 26.4. The Morgan fingerprint density at radius 2 is 2.10 bits per heavy atom. The number of benzene rings is 1. The molecule has 7 nitrogen and oxygen atoms in total. The third-order valence-corrected chi connectivity index (χ3v) is 4.06. The van der Waals surface area contributed by atoms with Crippen LogP contribution in [0.3, 0.4) is 0 Å². The molecule has 1 saturated heterocycles. The van der Waals surface area contributed by atoms with E-state index in [0.717, 1.165) is 6.29 Å². The maximum absolute atomic E-state index is 12.1. The highest BCUT2D eigenvalue weighted by Gasteiger charge is 2.42. The van der Waals surface area contributed by atoms with E-state index in [9.17, 15) is 19.8 Å². The number of rotatable bonds is 2. The second kappa shape index (κ2) is 5.01. The standard InChI is InChI=1S/C14H17N3O4/c1-16-12-8(7-18)3-2-4-9(12)17(14(16)21)10-5-6-11(19)15-13(10)20/h2-4,7,10-11,14,19,21H,5-6H2,1H3,(H,15,20). The zero-order valence-corrected chi connectivity index (χ0v) is 11.6. The molecule has 112 valence electrons. The first-order chi connectivity index (χ1) is 10.0. The minimum Gasteiger partial charge on any atom is -0.374 e. The second-order valence-electron chi connectivity index (χ2n) is 5.31. The molecule has 0 aromatic heterocycles. The number of para-hydroxylation sites is 1. The van der Waals surface area contributed by atoms with Crippen LogP contribution in [-0.2, 0) is 4.79 Å². The molecule has 21 heavy (non-hydrogen) atoms. The Labute approximate surface area is 121 Å². The van der Waals surface area contributed by atoms with Crippen LogP contribution < -0.4 is 15.1 Å². The van der Waals surface area contributed by atoms with Gasteiger partial charge in [0.25, 0.3) is 0 Å². The van der Waals surface area contributed by atoms with Crippen LogP contribution in [0.15, 0.2) is 18.2 Å². The number of carbonyl (C=O) groups is 2. The number of hydrogen-bond acceptors (Lipinski definition) is 6. The molecular weight excluding hydrogens is 274 g/mol. The SMILES string of the molecule is CN1c2c(C=O)cccc2N(C2CCC(O)NC2=O)C1O. The van der Waals surface area contributed by atoms with Crippen LogP contribution >= 0.6 is 0 Å². The van der Waals surface area contributed by atoms with Gasteiger partial charge in [0.05, 0.1) is 11.4 Å². The number of aliphatic hydroxyl groups excluding tert-OH is 2. The van der Waals surface area contributed by atoms with Gasteiger partial charge in [0.15, 0.2) is 6.29 Å². The van der Waals surface area contributed by atoms with Crippen LogP contribution in [0.4, 0.5) is 11.4 Å². The Kier molecular flexibility index (Phi) is 3.30. The predicted octanol–water partition coefficient (Wildman–Crippen LogP) is -0.372. The van der Waals surface area contributed by atoms with Gasteiger partial charge in [-0.15, -0.1) is 0 Å². The maximum Gasteiger partial charge on any atom is 0.244 e. The van der Waals surface area contributed by atoms with Crippen LogP contribution in [0.25, 0.3) is 0 Å². The van der Waals surface area contributed by atoms with Gasteiger partial charge >= 0.3 is 0 Å². The van der Waals surface area contributed by atoms with Crippen molar-refractivity contribution in [1.82, 2.24) is 5.32 Å². The number of aliphatic hydroxyl groups is 2. The lowest BCUT2D eigenvalue weighted by Crippen LogP contribution is -2.57. The van der Waals surface area contributed by atoms with E-state index in [2.05, 4.69) is 5.32 Å². The number of aldehydes is 1. The van der Waals surface area contributed by atoms with Gasteiger partial charge in [-0.05, 0) is 25.0 Å². The van der Waals surface area contributed by atoms with Gasteiger partial charge < -0.3 is 25.3 Å². The normalized spacial score (nSPS) is 28.3. The number of carbonyl (C=O) groups excluding carboxylic acids is 2. The van der Waals surface area contributed by atoms with Crippen molar-refractivity contribution in [2.45, 2.75) is 31.5 Å². The number of piperidine rings is 1. The zero-order valence-electron chi connectivity index (χ0n) is 11.6. The average Bonchev–Trinajstić information content (AvgIpc) is 2.72. The summed E-state index contributed by atoms with van der Waals surface area (Å²) in [6.07, 6.45) is -0.274. The molecule has 2 aliphatic rings. The van der Waals surface area contributed by atoms with E-state index in [1.165, 1.54) is 0 Å². The monoisotopic (exact) mass is 291 g/mol. The molecule has 3 atom stereocenters. The molecule has 1 amide bonds. The topological polar surface area (TPSA) is 93.1 Å². The summed E-state index contributed by atoms with van der Waals surface area (Å²) in [5, 5.41) is 22.4. The van der Waals surface area contributed by atoms with Gasteiger partial charge in [-0.3, -0.25) is 9.59 Å². The van der Waals surface area contributed by atoms with Crippen LogP contribution in [0.2, 0.25) is 0 Å². The molecule has 1 aromatic rings. The Bertz CT molecular complexity index is 592. The average molecular weight is 291 g/mol. The fraction of sp³-hybridized carbons (Fsp3) is 0.429. The van der Waals surface area contributed by atoms with Gasteiger partial charge in [0.2, 0.25) is 12.3 Å². The highest BCUT2D eigenvalue weighted by molar-refractivity contribution is 5.96. The molecule has 1 fully saturated rings. The number of fused-ring (bicyclic) bond motifs is 1. The molecule has 3 rings (SSSR count). The molecule has 0 radical (unpaired) electrons. The van der Waals surface area contributed by atoms with Crippen molar-refractivity contribution in [2.24, 2.45) is 0 Å². The van der Waals surface area contributed by atoms with Crippen molar-refractivity contribution in [3.05, 3.63) is 23.8 Å². The molecule has 0 spiro atoms. The van der Waals surface area contributed by atoms with Crippen molar-refractivity contribution in [3.8, 4) is 0 Å². The zero-order chi connectivity index (χ0) is 15.1. The smallest absolute Gasteiger partial charge is 0.244 e. The predicted molar refractivity (Wildman–Crippen MR) is 75.9 cm³/mol. The van der Waals surface area contributed by atoms with E-state index in [1.54, 1.807) is 35.0 Å². The second-order valence-corrected chi connectivity index (χ2v) is 5.31. The summed E-state index contributed by atoms with van der Waals surface area (Å²) in [5.74, 6) is -0.328. The Hall–Kier alpha value is -2.12. The fourth-order valence-electron chi connectivity index (χ4n) is 3.04. The van der Waals surface area contributed by atoms with E-state index >= 15 is 0 Å². The van der Waals surface area contributed by atoms with E-state index in [1.807, 2.05) is 0 Å². The lowest BCUT2D eigenvalue weighted by atomic mass is 10.0. The molecule has 0 bridgehead atoms. The third-order valence-electron chi connectivity index (χ3n) is 4.06. The Morgan fingerprint density at radius 3 is 2.76 bits per heavy atom. The molecule has 1 aromatic carbocycles. The van der Waals surface area contributed by atoms with Crippen molar-refractivity contribution >= 4 is 23.6 Å².